The lowest BCUT2D eigenvalue weighted by Crippen LogP contribution is -2.60. The van der Waals surface area contributed by atoms with E-state index in [-0.39, 0.29) is 172 Å². The Balaban J connectivity index is 1.11. The monoisotopic (exact) mass is 1650 g/mol. The van der Waals surface area contributed by atoms with Crippen LogP contribution in [0.3, 0.4) is 0 Å². The number of hydrogen-bond acceptors (Lipinski definition) is 22. The van der Waals surface area contributed by atoms with Crippen molar-refractivity contribution >= 4 is 139 Å². The summed E-state index contributed by atoms with van der Waals surface area (Å²) in [6, 6.07) is 4.18. The molecule has 1 unspecified atom stereocenters. The number of primary amides is 2. The van der Waals surface area contributed by atoms with Crippen LogP contribution in [-0.4, -0.2) is 238 Å². The molecular weight excluding hydrogens is 1550 g/mol. The molecule has 11 atom stereocenters. The Bertz CT molecular complexity index is 4320. The van der Waals surface area contributed by atoms with Crippen molar-refractivity contribution in [1.29, 1.82) is 5.41 Å². The second kappa shape index (κ2) is 44.3. The summed E-state index contributed by atoms with van der Waals surface area (Å²) in [5, 5.41) is 46.7. The zero-order valence-corrected chi connectivity index (χ0v) is 66.8. The average Bonchev–Trinajstić information content (AvgIpc) is 0.887. The van der Waals surface area contributed by atoms with Gasteiger partial charge in [-0.1, -0.05) is 86.1 Å². The van der Waals surface area contributed by atoms with Gasteiger partial charge in [0, 0.05) is 86.1 Å². The summed E-state index contributed by atoms with van der Waals surface area (Å²) in [5.41, 5.74) is 23.9. The maximum Gasteiger partial charge on any atom is 0.326 e. The highest BCUT2D eigenvalue weighted by Gasteiger charge is 2.44. The number of likely N-dealkylation sites (tertiary alicyclic amines) is 2. The van der Waals surface area contributed by atoms with Gasteiger partial charge in [0.05, 0.1) is 43.7 Å². The number of ketones is 1. The van der Waals surface area contributed by atoms with Crippen LogP contribution in [0.25, 0.3) is 10.9 Å². The zero-order chi connectivity index (χ0) is 85.0. The molecule has 3 aromatic carbocycles. The number of Topliss-reactive ketones (excluding diaryl/α,β-unsaturated/α-hetero) is 1. The van der Waals surface area contributed by atoms with Crippen LogP contribution in [-0.2, 0) is 90.8 Å². The molecule has 630 valence electrons. The lowest BCUT2D eigenvalue weighted by atomic mass is 9.96. The van der Waals surface area contributed by atoms with Gasteiger partial charge in [0.25, 0.3) is 11.7 Å². The van der Waals surface area contributed by atoms with Crippen LogP contribution >= 0.6 is 11.6 Å². The third-order valence-corrected chi connectivity index (χ3v) is 20.7. The number of carbonyl (C=O) groups excluding carboxylic acids is 14. The van der Waals surface area contributed by atoms with E-state index in [1.54, 1.807) is 60.7 Å². The predicted octanol–water partition coefficient (Wildman–Crippen LogP) is -1.38. The molecule has 3 aliphatic rings. The van der Waals surface area contributed by atoms with Crippen molar-refractivity contribution in [1.82, 2.24) is 62.6 Å². The van der Waals surface area contributed by atoms with Gasteiger partial charge in [-0.25, -0.2) is 9.78 Å². The van der Waals surface area contributed by atoms with Gasteiger partial charge in [-0.3, -0.25) is 76.7 Å². The normalized spacial score (nSPS) is 16.6. The smallest absolute Gasteiger partial charge is 0.326 e. The fraction of sp³-hybridized carbons (Fsp3) is 0.513. The van der Waals surface area contributed by atoms with Crippen LogP contribution < -0.4 is 90.9 Å². The number of benzene rings is 3. The first kappa shape index (κ1) is 91.6. The van der Waals surface area contributed by atoms with E-state index in [0.717, 1.165) is 4.90 Å². The molecule has 13 amide bonds. The third-order valence-electron chi connectivity index (χ3n) is 19.6. The number of nitrogens with one attached hydrogen (secondary N) is 12. The van der Waals surface area contributed by atoms with Crippen LogP contribution in [0.1, 0.15) is 132 Å². The number of methoxy groups -OCH3 is 2. The number of nitrogens with two attached hydrogens (primary N) is 4. The summed E-state index contributed by atoms with van der Waals surface area (Å²) < 4.78 is 22.7. The Hall–Kier alpha value is -11.6. The molecule has 21 N–H and O–H groups in total. The molecule has 0 saturated carbocycles. The molecule has 1 aromatic heterocycles. The first-order valence-corrected chi connectivity index (χ1v) is 40.2. The Kier molecular flexibility index (Phi) is 35.0. The predicted molar refractivity (Wildman–Crippen MR) is 426 cm³/mol. The van der Waals surface area contributed by atoms with E-state index in [4.69, 9.17) is 49.4 Å². The number of carboxylic acids is 1. The summed E-state index contributed by atoms with van der Waals surface area (Å²) in [6.07, 6.45) is 0.0968. The highest BCUT2D eigenvalue weighted by atomic mass is 35.5. The molecule has 2 fully saturated rings. The Morgan fingerprint density at radius 3 is 1.69 bits per heavy atom. The number of carboxylic acid groups (broad SMARTS) is 1. The summed E-state index contributed by atoms with van der Waals surface area (Å²) >= 11 is 6.75. The SMILES string of the molecule is COc1cc2c3c(c(NCCCC[C@H](NC(=O)[C@@H]4CCCN4C(=O)[C@H](CCC(N)=O)NC(=O)[C@H](CCC(N)=O)NC(=O)[C@H](Cc4ccccc4)NC(=O)[C@H](Cc4ccccc4)NC(=O)CNC(=O)[C@H](CC(C)C)NC(=O)[C@@H](N)CCS(C)=O)C(=O)N4CCC[C@H]4C(=O)N[C@@H](CCCNC(=N)N)C(=O)O)c(Cl)nc3c1OC)C(=O)C(=O)N2. The maximum absolute atomic E-state index is 15.1. The van der Waals surface area contributed by atoms with Crippen LogP contribution in [0, 0.1) is 11.3 Å². The first-order valence-electron chi connectivity index (χ1n) is 38.1. The molecular formula is C76H104ClN19O19S. The van der Waals surface area contributed by atoms with E-state index < -0.39 is 192 Å². The highest BCUT2D eigenvalue weighted by Crippen LogP contribution is 2.46. The van der Waals surface area contributed by atoms with Crippen LogP contribution in [0.4, 0.5) is 11.4 Å². The van der Waals surface area contributed by atoms with E-state index in [0.29, 0.717) is 11.1 Å². The second-order valence-corrected chi connectivity index (χ2v) is 30.8. The van der Waals surface area contributed by atoms with Gasteiger partial charge in [0.2, 0.25) is 70.9 Å². The van der Waals surface area contributed by atoms with Gasteiger partial charge in [0.1, 0.15) is 59.9 Å². The minimum absolute atomic E-state index is 0.00603. The number of aromatic nitrogens is 1. The Morgan fingerprint density at radius 1 is 0.638 bits per heavy atom. The third kappa shape index (κ3) is 26.5. The number of guanidine groups is 1. The van der Waals surface area contributed by atoms with Crippen LogP contribution in [0.15, 0.2) is 66.7 Å². The molecule has 0 aliphatic carbocycles. The molecule has 0 radical (unpaired) electrons. The lowest BCUT2D eigenvalue weighted by molar-refractivity contribution is -0.146. The van der Waals surface area contributed by atoms with Gasteiger partial charge in [0.15, 0.2) is 22.6 Å². The summed E-state index contributed by atoms with van der Waals surface area (Å²) in [4.78, 5) is 215. The highest BCUT2D eigenvalue weighted by molar-refractivity contribution is 7.84. The molecule has 0 spiro atoms. The lowest BCUT2D eigenvalue weighted by Gasteiger charge is -2.32. The second-order valence-electron chi connectivity index (χ2n) is 28.8. The van der Waals surface area contributed by atoms with E-state index in [1.165, 1.54) is 31.4 Å². The number of hydrogen-bond donors (Lipinski definition) is 17. The standard InChI is InChI=1S/C76H104ClN19O19S/c1-40(2)35-49(92-65(101)43(78)29-34-116(5)113)66(102)85-39-57(99)86-50(36-41-17-8-6-9-18-41)68(104)93-51(37-42-19-10-7-11-20-42)69(105)87-44(25-27-55(79)97)67(103)88-46(26-28-56(80)98)74(110)96-33-15-23-52(96)70(106)89-45(73(109)95-32-16-24-53(95)71(107)90-47(75(111)112)22-14-31-84-76(81)82)21-12-13-30-83-61-59-58-48(91-72(108)62(59)100)38-54(114-3)63(115-4)60(58)94-64(61)77/h6-11,17-20,38,40,43-47,49-53,83H,12-16,21-37,39,78H2,1-5H3,(H2,79,97)(H2,80,98)(H,85,102)(H,86,99)(H,87,105)(H,88,103)(H,89,106)(H,90,107)(H,91,108)(H,92,101)(H,93,104)(H,111,112)(H4,81,82,84)/t43-,44-,45-,46-,47-,49-,50-,51-,52-,53-,116?/m0/s1. The van der Waals surface area contributed by atoms with E-state index in [2.05, 4.69) is 63.5 Å². The topological polar surface area (TPSA) is 591 Å². The largest absolute Gasteiger partial charge is 0.493 e. The Morgan fingerprint density at radius 2 is 1.16 bits per heavy atom. The van der Waals surface area contributed by atoms with Gasteiger partial charge >= 0.3 is 5.97 Å². The Labute approximate surface area is 676 Å². The van der Waals surface area contributed by atoms with Crippen molar-refractivity contribution < 1.29 is 90.7 Å². The minimum Gasteiger partial charge on any atom is -0.493 e. The quantitative estimate of drug-likeness (QED) is 0.00797. The fourth-order valence-corrected chi connectivity index (χ4v) is 14.6. The van der Waals surface area contributed by atoms with Crippen molar-refractivity contribution in [3.05, 3.63) is 88.6 Å². The molecule has 2 saturated heterocycles. The number of pyridine rings is 1. The number of carbonyl (C=O) groups is 15. The van der Waals surface area contributed by atoms with Crippen molar-refractivity contribution in [3.63, 3.8) is 0 Å². The van der Waals surface area contributed by atoms with Crippen molar-refractivity contribution in [2.24, 2.45) is 28.9 Å². The van der Waals surface area contributed by atoms with Crippen molar-refractivity contribution in [2.75, 3.05) is 69.6 Å². The number of rotatable bonds is 46. The number of anilines is 2. The van der Waals surface area contributed by atoms with Gasteiger partial charge < -0.3 is 106 Å². The van der Waals surface area contributed by atoms with Gasteiger partial charge in [-0.2, -0.15) is 0 Å². The number of ether oxygens (including phenoxy) is 2. The number of halogens is 1. The summed E-state index contributed by atoms with van der Waals surface area (Å²) in [5.74, 6) is -13.7. The molecule has 116 heavy (non-hydrogen) atoms. The molecule has 4 aromatic rings. The first-order chi connectivity index (χ1) is 55.2. The van der Waals surface area contributed by atoms with Gasteiger partial charge in [-0.15, -0.1) is 0 Å². The average molecular weight is 1660 g/mol. The van der Waals surface area contributed by atoms with Crippen LogP contribution in [0.5, 0.6) is 11.5 Å². The van der Waals surface area contributed by atoms with Crippen LogP contribution in [0.2, 0.25) is 5.15 Å². The number of unbranched alkanes of at least 4 members (excludes halogenated alkanes) is 1. The number of amides is 13. The molecule has 3 aliphatic heterocycles. The minimum atomic E-state index is -1.72. The van der Waals surface area contributed by atoms with E-state index in [9.17, 15) is 71.6 Å². The molecule has 4 heterocycles. The van der Waals surface area contributed by atoms with E-state index >= 15 is 9.59 Å². The van der Waals surface area contributed by atoms with E-state index in [1.807, 2.05) is 13.8 Å². The number of nitrogens with zero attached hydrogens (tertiary/aromatic N) is 3. The summed E-state index contributed by atoms with van der Waals surface area (Å²) in [6.45, 7) is 2.96. The van der Waals surface area contributed by atoms with Crippen molar-refractivity contribution in [2.45, 2.75) is 183 Å². The molecule has 7 rings (SSSR count). The van der Waals surface area contributed by atoms with Crippen molar-refractivity contribution in [3.8, 4) is 11.5 Å². The molecule has 0 bridgehead atoms. The molecule has 40 heteroatoms. The zero-order valence-electron chi connectivity index (χ0n) is 65.2. The summed E-state index contributed by atoms with van der Waals surface area (Å²) in [7, 11) is 1.49. The molecule has 38 nitrogen and oxygen atoms in total. The van der Waals surface area contributed by atoms with Gasteiger partial charge in [-0.05, 0) is 101 Å². The fourth-order valence-electron chi connectivity index (χ4n) is 13.7. The maximum atomic E-state index is 15.1. The number of aliphatic carboxylic acids is 1.